The van der Waals surface area contributed by atoms with E-state index >= 15 is 0 Å². The fourth-order valence-corrected chi connectivity index (χ4v) is 10.2. The number of piperazine rings is 2. The van der Waals surface area contributed by atoms with Gasteiger partial charge < -0.3 is 34.6 Å². The zero-order valence-electron chi connectivity index (χ0n) is 37.7. The molecule has 0 atom stereocenters. The van der Waals surface area contributed by atoms with Gasteiger partial charge in [-0.1, -0.05) is 69.8 Å². The number of amides is 1. The van der Waals surface area contributed by atoms with Gasteiger partial charge >= 0.3 is 6.09 Å². The summed E-state index contributed by atoms with van der Waals surface area (Å²) >= 11 is 0. The monoisotopic (exact) mass is 867 g/mol. The Morgan fingerprint density at radius 2 is 1.02 bits per heavy atom. The maximum atomic E-state index is 12.0. The summed E-state index contributed by atoms with van der Waals surface area (Å²) in [6.07, 6.45) is 12.9. The molecule has 1 N–H and O–H groups in total. The predicted molar refractivity (Wildman–Crippen MR) is 262 cm³/mol. The lowest BCUT2D eigenvalue weighted by Gasteiger charge is -2.35. The summed E-state index contributed by atoms with van der Waals surface area (Å²) in [5.41, 5.74) is 12.6. The molecule has 8 heterocycles. The van der Waals surface area contributed by atoms with Crippen molar-refractivity contribution in [3.8, 4) is 22.3 Å². The molecule has 4 aliphatic rings. The molecule has 0 aliphatic carbocycles. The van der Waals surface area contributed by atoms with Gasteiger partial charge in [0.15, 0.2) is 0 Å². The molecular weight excluding hydrogens is 797 g/mol. The van der Waals surface area contributed by atoms with Crippen LogP contribution in [0.15, 0.2) is 97.6 Å². The van der Waals surface area contributed by atoms with Crippen LogP contribution in [0.3, 0.4) is 0 Å². The molecule has 4 saturated heterocycles. The Bertz CT molecular complexity index is 2400. The Morgan fingerprint density at radius 3 is 1.44 bits per heavy atom. The molecule has 4 fully saturated rings. The second-order valence-corrected chi connectivity index (χ2v) is 17.6. The van der Waals surface area contributed by atoms with Gasteiger partial charge in [0.05, 0.1) is 29.0 Å². The first-order valence-electron chi connectivity index (χ1n) is 23.7. The fraction of sp³-hybridized carbons (Fsp3) is 0.481. The van der Waals surface area contributed by atoms with E-state index in [1.807, 2.05) is 28.3 Å². The Balaban J connectivity index is 0.000000174. The molecule has 4 aromatic heterocycles. The van der Waals surface area contributed by atoms with E-state index in [1.165, 1.54) is 103 Å². The summed E-state index contributed by atoms with van der Waals surface area (Å²) in [4.78, 5) is 23.7. The smallest absolute Gasteiger partial charge is 0.409 e. The number of anilines is 2. The topological polar surface area (TPSA) is 89.1 Å². The molecule has 2 aromatic carbocycles. The van der Waals surface area contributed by atoms with Crippen molar-refractivity contribution in [3.63, 3.8) is 0 Å². The Hall–Kier alpha value is -5.43. The van der Waals surface area contributed by atoms with Crippen molar-refractivity contribution in [2.24, 2.45) is 0 Å². The highest BCUT2D eigenvalue weighted by Crippen LogP contribution is 2.34. The number of hydrogen-bond donors (Lipinski definition) is 1. The number of nitrogens with one attached hydrogen (secondary N) is 1. The van der Waals surface area contributed by atoms with Crippen LogP contribution < -0.4 is 15.1 Å². The van der Waals surface area contributed by atoms with Crippen LogP contribution >= 0.6 is 0 Å². The third-order valence-corrected chi connectivity index (χ3v) is 14.1. The molecule has 64 heavy (non-hydrogen) atoms. The van der Waals surface area contributed by atoms with Gasteiger partial charge in [-0.3, -0.25) is 0 Å². The summed E-state index contributed by atoms with van der Waals surface area (Å²) in [5, 5.41) is 12.6. The molecule has 0 unspecified atom stereocenters. The van der Waals surface area contributed by atoms with E-state index in [4.69, 9.17) is 4.74 Å². The lowest BCUT2D eigenvalue weighted by molar-refractivity contribution is 0.105. The van der Waals surface area contributed by atoms with Crippen LogP contribution in [0.5, 0.6) is 0 Å². The average Bonchev–Trinajstić information content (AvgIpc) is 4.01. The zero-order chi connectivity index (χ0) is 43.1. The highest BCUT2D eigenvalue weighted by Gasteiger charge is 2.25. The zero-order valence-corrected chi connectivity index (χ0v) is 37.7. The molecule has 12 heteroatoms. The average molecular weight is 867 g/mol. The van der Waals surface area contributed by atoms with Crippen LogP contribution in [0, 0.1) is 0 Å². The summed E-state index contributed by atoms with van der Waals surface area (Å²) in [6.45, 7) is 21.1. The number of hydrogen-bond acceptors (Lipinski definition) is 9. The molecule has 10 rings (SSSR count). The second kappa shape index (κ2) is 21.0. The minimum atomic E-state index is -0.216. The standard InChI is InChI=1S/C27H35N5O2.C24H31N5.CH4/c1-3-29-13-10-23(11-14-29)21-5-7-22(8-6-21)24-19-26-25(9-12-28-32(26)20-24)30-15-17-31(18-16-30)27(33)34-4-2;1-2-27-13-8-21(9-14-27)19-3-5-20(6-4-19)22-17-24-23(7-10-26-29(24)18-22)28-15-11-25-12-16-28;/h5-9,12,19-20,23H,3-4,10-11,13-18H2,1-2H3;3-7,10,17-18,21,25H,2,8-9,11-16H2,1H3;1H4. The van der Waals surface area contributed by atoms with Crippen LogP contribution in [-0.4, -0.2) is 138 Å². The number of aromatic nitrogens is 4. The van der Waals surface area contributed by atoms with Crippen molar-refractivity contribution < 1.29 is 9.53 Å². The van der Waals surface area contributed by atoms with E-state index in [0.29, 0.717) is 31.5 Å². The number of carbonyl (C=O) groups is 1. The van der Waals surface area contributed by atoms with Gasteiger partial charge in [0.2, 0.25) is 0 Å². The number of rotatable bonds is 9. The number of piperidine rings is 2. The van der Waals surface area contributed by atoms with Gasteiger partial charge in [-0.2, -0.15) is 10.2 Å². The van der Waals surface area contributed by atoms with Crippen molar-refractivity contribution in [2.45, 2.75) is 65.7 Å². The molecular formula is C52H70N10O2. The minimum absolute atomic E-state index is 0. The van der Waals surface area contributed by atoms with Crippen molar-refractivity contribution in [1.82, 2.24) is 39.2 Å². The van der Waals surface area contributed by atoms with Crippen LogP contribution in [0.2, 0.25) is 0 Å². The van der Waals surface area contributed by atoms with E-state index in [1.54, 1.807) is 4.90 Å². The van der Waals surface area contributed by atoms with Crippen molar-refractivity contribution in [1.29, 1.82) is 0 Å². The molecule has 340 valence electrons. The van der Waals surface area contributed by atoms with Crippen LogP contribution in [0.4, 0.5) is 16.2 Å². The first-order chi connectivity index (χ1) is 31.0. The van der Waals surface area contributed by atoms with Gasteiger partial charge in [-0.05, 0) is 130 Å². The maximum absolute atomic E-state index is 12.0. The van der Waals surface area contributed by atoms with E-state index in [0.717, 1.165) is 57.0 Å². The van der Waals surface area contributed by atoms with E-state index < -0.39 is 0 Å². The molecule has 0 saturated carbocycles. The minimum Gasteiger partial charge on any atom is -0.450 e. The Kier molecular flexibility index (Phi) is 14.8. The highest BCUT2D eigenvalue weighted by molar-refractivity contribution is 5.81. The Labute approximate surface area is 380 Å². The SMILES string of the molecule is C.CCN1CCC(c2ccc(-c3cc4c(N5CCNCC5)ccnn4c3)cc2)CC1.CCOC(=O)N1CCN(c2ccnn3cc(-c4ccc(C5CCN(CC)CC5)cc4)cc23)CC1. The number of benzene rings is 2. The first-order valence-corrected chi connectivity index (χ1v) is 23.7. The maximum Gasteiger partial charge on any atom is 0.409 e. The van der Waals surface area contributed by atoms with Crippen molar-refractivity contribution in [3.05, 3.63) is 109 Å². The normalized spacial score (nSPS) is 18.2. The summed E-state index contributed by atoms with van der Waals surface area (Å²) in [6, 6.07) is 27.2. The van der Waals surface area contributed by atoms with E-state index in [9.17, 15) is 4.79 Å². The summed E-state index contributed by atoms with van der Waals surface area (Å²) in [5.74, 6) is 1.38. The van der Waals surface area contributed by atoms with Crippen molar-refractivity contribution >= 4 is 28.5 Å². The summed E-state index contributed by atoms with van der Waals surface area (Å²) < 4.78 is 9.15. The quantitative estimate of drug-likeness (QED) is 0.153. The van der Waals surface area contributed by atoms with Gasteiger partial charge in [0.25, 0.3) is 0 Å². The number of nitrogens with zero attached hydrogens (tertiary/aromatic N) is 9. The number of carbonyl (C=O) groups excluding carboxylic acids is 1. The molecule has 0 bridgehead atoms. The van der Waals surface area contributed by atoms with Gasteiger partial charge in [0.1, 0.15) is 0 Å². The van der Waals surface area contributed by atoms with Crippen LogP contribution in [-0.2, 0) is 4.74 Å². The summed E-state index contributed by atoms with van der Waals surface area (Å²) in [7, 11) is 0. The lowest BCUT2D eigenvalue weighted by Crippen LogP contribution is -2.49. The van der Waals surface area contributed by atoms with Crippen LogP contribution in [0.25, 0.3) is 33.3 Å². The number of likely N-dealkylation sites (tertiary alicyclic amines) is 2. The third kappa shape index (κ3) is 10.1. The van der Waals surface area contributed by atoms with Gasteiger partial charge in [-0.25, -0.2) is 13.8 Å². The predicted octanol–water partition coefficient (Wildman–Crippen LogP) is 8.73. The van der Waals surface area contributed by atoms with Crippen molar-refractivity contribution in [2.75, 3.05) is 108 Å². The molecule has 12 nitrogen and oxygen atoms in total. The van der Waals surface area contributed by atoms with Crippen LogP contribution in [0.1, 0.15) is 76.8 Å². The van der Waals surface area contributed by atoms with Gasteiger partial charge in [0, 0.05) is 88.3 Å². The molecule has 0 spiro atoms. The van der Waals surface area contributed by atoms with E-state index in [-0.39, 0.29) is 13.5 Å². The largest absolute Gasteiger partial charge is 0.450 e. The molecule has 4 aliphatic heterocycles. The third-order valence-electron chi connectivity index (χ3n) is 14.1. The second-order valence-electron chi connectivity index (χ2n) is 17.6. The highest BCUT2D eigenvalue weighted by atomic mass is 16.6. The molecule has 1 amide bonds. The molecule has 0 radical (unpaired) electrons. The number of ether oxygens (including phenoxy) is 1. The lowest BCUT2D eigenvalue weighted by atomic mass is 9.88. The first kappa shape index (κ1) is 45.1. The Morgan fingerprint density at radius 1 is 0.578 bits per heavy atom. The fourth-order valence-electron chi connectivity index (χ4n) is 10.2. The molecule has 6 aromatic rings. The van der Waals surface area contributed by atoms with Gasteiger partial charge in [-0.15, -0.1) is 0 Å². The number of fused-ring (bicyclic) bond motifs is 2. The van der Waals surface area contributed by atoms with E-state index in [2.05, 4.69) is 134 Å².